The van der Waals surface area contributed by atoms with Gasteiger partial charge in [0.25, 0.3) is 0 Å². The van der Waals surface area contributed by atoms with Crippen molar-refractivity contribution in [3.63, 3.8) is 0 Å². The van der Waals surface area contributed by atoms with Crippen LogP contribution in [0.5, 0.6) is 0 Å². The number of rotatable bonds is 6. The molecule has 0 N–H and O–H groups in total. The van der Waals surface area contributed by atoms with Crippen LogP contribution in [-0.4, -0.2) is 15.4 Å². The molecule has 0 aromatic carbocycles. The normalized spacial score (nSPS) is 10.3. The first-order valence-electron chi connectivity index (χ1n) is 5.20. The van der Waals surface area contributed by atoms with Crippen molar-refractivity contribution < 1.29 is 4.79 Å². The predicted octanol–water partition coefficient (Wildman–Crippen LogP) is 3.03. The van der Waals surface area contributed by atoms with Crippen molar-refractivity contribution in [2.45, 2.75) is 39.5 Å². The molecule has 0 aliphatic heterocycles. The van der Waals surface area contributed by atoms with E-state index in [9.17, 15) is 4.79 Å². The molecule has 0 radical (unpaired) electrons. The monoisotopic (exact) mass is 224 g/mol. The second-order valence-corrected chi connectivity index (χ2v) is 4.26. The van der Waals surface area contributed by atoms with E-state index >= 15 is 0 Å². The summed E-state index contributed by atoms with van der Waals surface area (Å²) in [4.78, 5) is 12.6. The highest BCUT2D eigenvalue weighted by molar-refractivity contribution is 7.08. The summed E-state index contributed by atoms with van der Waals surface area (Å²) in [5.41, 5.74) is 1.81. The summed E-state index contributed by atoms with van der Waals surface area (Å²) in [5, 5.41) is 3.98. The second-order valence-electron chi connectivity index (χ2n) is 3.50. The molecule has 0 saturated heterocycles. The fraction of sp³-hybridized carbons (Fsp3) is 0.545. The molecular formula is C11H16N2OS. The van der Waals surface area contributed by atoms with Crippen LogP contribution in [0.4, 0.5) is 0 Å². The zero-order valence-corrected chi connectivity index (χ0v) is 10.1. The Morgan fingerprint density at radius 2 is 2.20 bits per heavy atom. The van der Waals surface area contributed by atoms with Gasteiger partial charge >= 0.3 is 0 Å². The van der Waals surface area contributed by atoms with Gasteiger partial charge in [-0.15, -0.1) is 5.10 Å². The molecule has 1 heterocycles. The molecule has 0 bridgehead atoms. The molecule has 0 atom stereocenters. The number of hydrogen-bond donors (Lipinski definition) is 0. The van der Waals surface area contributed by atoms with E-state index in [1.807, 2.05) is 6.92 Å². The van der Waals surface area contributed by atoms with Crippen LogP contribution in [0.1, 0.15) is 48.5 Å². The summed E-state index contributed by atoms with van der Waals surface area (Å²) in [7, 11) is 0. The third-order valence-corrected chi connectivity index (χ3v) is 3.02. The quantitative estimate of drug-likeness (QED) is 0.551. The van der Waals surface area contributed by atoms with E-state index in [1.165, 1.54) is 11.5 Å². The smallest absolute Gasteiger partial charge is 0.180 e. The van der Waals surface area contributed by atoms with Gasteiger partial charge in [0.15, 0.2) is 5.78 Å². The summed E-state index contributed by atoms with van der Waals surface area (Å²) in [6, 6.07) is 0. The number of ketones is 1. The lowest BCUT2D eigenvalue weighted by Crippen LogP contribution is -2.02. The van der Waals surface area contributed by atoms with E-state index in [-0.39, 0.29) is 5.78 Å². The number of aryl methyl sites for hydroxylation is 1. The summed E-state index contributed by atoms with van der Waals surface area (Å²) in [5.74, 6) is 0.111. The topological polar surface area (TPSA) is 42.9 Å². The summed E-state index contributed by atoms with van der Waals surface area (Å²) >= 11 is 1.20. The standard InChI is InChI=1S/C11H16N2OS/c1-4-6-9-11(15-13-12-9)10(14)7-8(3)5-2/h3-7H2,1-2H3. The third-order valence-electron chi connectivity index (χ3n) is 2.21. The molecule has 0 aliphatic rings. The average molecular weight is 224 g/mol. The van der Waals surface area contributed by atoms with Crippen LogP contribution in [0.3, 0.4) is 0 Å². The van der Waals surface area contributed by atoms with Gasteiger partial charge in [0, 0.05) is 6.42 Å². The van der Waals surface area contributed by atoms with Crippen LogP contribution in [0.2, 0.25) is 0 Å². The molecule has 0 amide bonds. The number of hydrogen-bond acceptors (Lipinski definition) is 4. The molecule has 0 unspecified atom stereocenters. The molecular weight excluding hydrogens is 208 g/mol. The van der Waals surface area contributed by atoms with Crippen molar-refractivity contribution in [2.75, 3.05) is 0 Å². The fourth-order valence-electron chi connectivity index (χ4n) is 1.25. The van der Waals surface area contributed by atoms with Crippen molar-refractivity contribution in [1.82, 2.24) is 9.59 Å². The molecule has 0 spiro atoms. The van der Waals surface area contributed by atoms with E-state index in [0.29, 0.717) is 11.3 Å². The maximum absolute atomic E-state index is 11.8. The van der Waals surface area contributed by atoms with Gasteiger partial charge in [-0.25, -0.2) is 0 Å². The first-order chi connectivity index (χ1) is 7.19. The van der Waals surface area contributed by atoms with Crippen LogP contribution in [0.25, 0.3) is 0 Å². The van der Waals surface area contributed by atoms with E-state index in [1.54, 1.807) is 0 Å². The first-order valence-corrected chi connectivity index (χ1v) is 5.97. The molecule has 82 valence electrons. The van der Waals surface area contributed by atoms with E-state index in [0.717, 1.165) is 30.5 Å². The highest BCUT2D eigenvalue weighted by Crippen LogP contribution is 2.17. The van der Waals surface area contributed by atoms with Crippen molar-refractivity contribution >= 4 is 17.3 Å². The van der Waals surface area contributed by atoms with Crippen LogP contribution >= 0.6 is 11.5 Å². The SMILES string of the molecule is C=C(CC)CC(=O)c1snnc1CCC. The van der Waals surface area contributed by atoms with Crippen LogP contribution in [0.15, 0.2) is 12.2 Å². The van der Waals surface area contributed by atoms with Gasteiger partial charge in [-0.1, -0.05) is 36.9 Å². The Bertz CT molecular complexity index is 357. The Labute approximate surface area is 94.4 Å². The van der Waals surface area contributed by atoms with Gasteiger partial charge in [-0.05, 0) is 24.4 Å². The third kappa shape index (κ3) is 3.23. The minimum absolute atomic E-state index is 0.111. The Kier molecular flexibility index (Phi) is 4.62. The number of aromatic nitrogens is 2. The Hall–Kier alpha value is -1.03. The Morgan fingerprint density at radius 1 is 1.47 bits per heavy atom. The summed E-state index contributed by atoms with van der Waals surface area (Å²) < 4.78 is 3.84. The van der Waals surface area contributed by atoms with E-state index in [2.05, 4.69) is 23.1 Å². The zero-order chi connectivity index (χ0) is 11.3. The van der Waals surface area contributed by atoms with Crippen LogP contribution in [0, 0.1) is 0 Å². The molecule has 0 saturated carbocycles. The zero-order valence-electron chi connectivity index (χ0n) is 9.25. The van der Waals surface area contributed by atoms with Crippen molar-refractivity contribution in [3.8, 4) is 0 Å². The highest BCUT2D eigenvalue weighted by atomic mass is 32.1. The lowest BCUT2D eigenvalue weighted by Gasteiger charge is -2.00. The van der Waals surface area contributed by atoms with Gasteiger partial charge < -0.3 is 0 Å². The largest absolute Gasteiger partial charge is 0.293 e. The Morgan fingerprint density at radius 3 is 2.80 bits per heavy atom. The molecule has 0 fully saturated rings. The second kappa shape index (κ2) is 5.75. The summed E-state index contributed by atoms with van der Waals surface area (Å²) in [6.45, 7) is 7.92. The Balaban J connectivity index is 2.72. The first kappa shape index (κ1) is 12.0. The highest BCUT2D eigenvalue weighted by Gasteiger charge is 2.15. The molecule has 1 rings (SSSR count). The van der Waals surface area contributed by atoms with Crippen molar-refractivity contribution in [3.05, 3.63) is 22.7 Å². The number of carbonyl (C=O) groups excluding carboxylic acids is 1. The fourth-order valence-corrected chi connectivity index (χ4v) is 1.90. The molecule has 1 aromatic heterocycles. The van der Waals surface area contributed by atoms with Gasteiger partial charge in [-0.2, -0.15) is 0 Å². The van der Waals surface area contributed by atoms with Gasteiger partial charge in [-0.3, -0.25) is 4.79 Å². The van der Waals surface area contributed by atoms with Crippen molar-refractivity contribution in [2.24, 2.45) is 0 Å². The van der Waals surface area contributed by atoms with E-state index in [4.69, 9.17) is 0 Å². The number of nitrogens with zero attached hydrogens (tertiary/aromatic N) is 2. The maximum Gasteiger partial charge on any atom is 0.180 e. The van der Waals surface area contributed by atoms with Crippen LogP contribution < -0.4 is 0 Å². The van der Waals surface area contributed by atoms with Crippen LogP contribution in [-0.2, 0) is 6.42 Å². The predicted molar refractivity (Wildman–Crippen MR) is 62.3 cm³/mol. The van der Waals surface area contributed by atoms with E-state index < -0.39 is 0 Å². The number of allylic oxidation sites excluding steroid dienone is 1. The number of Topliss-reactive ketones (excluding diaryl/α,β-unsaturated/α-hetero) is 1. The minimum Gasteiger partial charge on any atom is -0.293 e. The lowest BCUT2D eigenvalue weighted by atomic mass is 10.1. The molecule has 3 nitrogen and oxygen atoms in total. The summed E-state index contributed by atoms with van der Waals surface area (Å²) in [6.07, 6.45) is 3.09. The molecule has 15 heavy (non-hydrogen) atoms. The maximum atomic E-state index is 11.8. The molecule has 0 aliphatic carbocycles. The van der Waals surface area contributed by atoms with Gasteiger partial charge in [0.1, 0.15) is 4.88 Å². The van der Waals surface area contributed by atoms with Crippen molar-refractivity contribution in [1.29, 1.82) is 0 Å². The lowest BCUT2D eigenvalue weighted by molar-refractivity contribution is 0.0995. The minimum atomic E-state index is 0.111. The number of carbonyl (C=O) groups is 1. The molecule has 1 aromatic rings. The van der Waals surface area contributed by atoms with Gasteiger partial charge in [0.05, 0.1) is 5.69 Å². The molecule has 4 heteroatoms. The average Bonchev–Trinajstić information content (AvgIpc) is 2.66. The van der Waals surface area contributed by atoms with Gasteiger partial charge in [0.2, 0.25) is 0 Å².